The quantitative estimate of drug-likeness (QED) is 0.435. The number of halogens is 3. The van der Waals surface area contributed by atoms with Crippen LogP contribution in [0.2, 0.25) is 15.1 Å². The first-order valence-corrected chi connectivity index (χ1v) is 8.70. The molecule has 25 heavy (non-hydrogen) atoms. The van der Waals surface area contributed by atoms with Crippen molar-refractivity contribution in [1.29, 1.82) is 0 Å². The second-order valence-electron chi connectivity index (χ2n) is 5.67. The maximum Gasteiger partial charge on any atom is 0.193 e. The smallest absolute Gasteiger partial charge is 0.193 e. The first-order valence-electron chi connectivity index (χ1n) is 7.56. The van der Waals surface area contributed by atoms with Crippen molar-refractivity contribution in [3.05, 3.63) is 98.0 Å². The maximum atomic E-state index is 12.5. The molecule has 3 rings (SSSR count). The van der Waals surface area contributed by atoms with Crippen LogP contribution in [0.15, 0.2) is 60.7 Å². The standard InChI is InChI=1S/C20H14Cl3NO/c21-15-7-5-14(6-8-15)20(25)13-3-1-12(2-4-13)9-17-18(22)10-16(24)11-19(17)23/h1-8,10-11H,9,24H2. The topological polar surface area (TPSA) is 43.1 Å². The van der Waals surface area contributed by atoms with E-state index in [4.69, 9.17) is 40.5 Å². The summed E-state index contributed by atoms with van der Waals surface area (Å²) >= 11 is 18.3. The lowest BCUT2D eigenvalue weighted by Crippen LogP contribution is -2.01. The van der Waals surface area contributed by atoms with Gasteiger partial charge in [-0.1, -0.05) is 59.1 Å². The SMILES string of the molecule is Nc1cc(Cl)c(Cc2ccc(C(=O)c3ccc(Cl)cc3)cc2)c(Cl)c1. The predicted octanol–water partition coefficient (Wildman–Crippen LogP) is 6.05. The first-order chi connectivity index (χ1) is 11.9. The normalized spacial score (nSPS) is 10.7. The van der Waals surface area contributed by atoms with E-state index >= 15 is 0 Å². The summed E-state index contributed by atoms with van der Waals surface area (Å²) in [4.78, 5) is 12.5. The summed E-state index contributed by atoms with van der Waals surface area (Å²) in [6.45, 7) is 0. The van der Waals surface area contributed by atoms with E-state index in [1.54, 1.807) is 48.5 Å². The molecule has 0 saturated heterocycles. The molecule has 0 bridgehead atoms. The van der Waals surface area contributed by atoms with Crippen molar-refractivity contribution >= 4 is 46.3 Å². The Kier molecular flexibility index (Phi) is 5.33. The Bertz CT molecular complexity index is 896. The number of carbonyl (C=O) groups excluding carboxylic acids is 1. The van der Waals surface area contributed by atoms with Gasteiger partial charge in [0.15, 0.2) is 5.78 Å². The fourth-order valence-electron chi connectivity index (χ4n) is 2.54. The fraction of sp³-hybridized carbons (Fsp3) is 0.0500. The largest absolute Gasteiger partial charge is 0.399 e. The van der Waals surface area contributed by atoms with Gasteiger partial charge in [0.2, 0.25) is 0 Å². The molecule has 0 heterocycles. The van der Waals surface area contributed by atoms with Gasteiger partial charge in [0, 0.05) is 38.3 Å². The van der Waals surface area contributed by atoms with Crippen LogP contribution < -0.4 is 5.73 Å². The Morgan fingerprint density at radius 3 is 1.80 bits per heavy atom. The Balaban J connectivity index is 1.81. The van der Waals surface area contributed by atoms with Crippen LogP contribution in [0, 0.1) is 0 Å². The summed E-state index contributed by atoms with van der Waals surface area (Å²) in [5.41, 5.74) is 9.28. The Hall–Kier alpha value is -2.00. The van der Waals surface area contributed by atoms with Crippen LogP contribution in [-0.2, 0) is 6.42 Å². The number of nitrogens with two attached hydrogens (primary N) is 1. The minimum atomic E-state index is -0.0493. The molecule has 2 N–H and O–H groups in total. The molecule has 0 atom stereocenters. The molecule has 3 aromatic rings. The van der Waals surface area contributed by atoms with Gasteiger partial charge in [0.25, 0.3) is 0 Å². The van der Waals surface area contributed by atoms with Crippen molar-refractivity contribution in [2.24, 2.45) is 0 Å². The van der Waals surface area contributed by atoms with Crippen molar-refractivity contribution in [2.45, 2.75) is 6.42 Å². The number of benzene rings is 3. The van der Waals surface area contributed by atoms with Gasteiger partial charge >= 0.3 is 0 Å². The lowest BCUT2D eigenvalue weighted by Gasteiger charge is -2.09. The molecule has 0 spiro atoms. The molecular formula is C20H14Cl3NO. The van der Waals surface area contributed by atoms with Crippen LogP contribution in [0.3, 0.4) is 0 Å². The van der Waals surface area contributed by atoms with E-state index in [0.29, 0.717) is 38.3 Å². The monoisotopic (exact) mass is 389 g/mol. The third kappa shape index (κ3) is 4.16. The molecule has 3 aromatic carbocycles. The lowest BCUT2D eigenvalue weighted by molar-refractivity contribution is 0.103. The molecule has 0 aliphatic carbocycles. The molecule has 0 unspecified atom stereocenters. The van der Waals surface area contributed by atoms with Gasteiger partial charge in [0.05, 0.1) is 0 Å². The molecule has 0 aliphatic heterocycles. The van der Waals surface area contributed by atoms with Crippen molar-refractivity contribution < 1.29 is 4.79 Å². The van der Waals surface area contributed by atoms with E-state index < -0.39 is 0 Å². The summed E-state index contributed by atoms with van der Waals surface area (Å²) in [7, 11) is 0. The third-order valence-corrected chi connectivity index (χ3v) is 4.79. The highest BCUT2D eigenvalue weighted by Gasteiger charge is 2.11. The van der Waals surface area contributed by atoms with E-state index in [1.807, 2.05) is 12.1 Å². The van der Waals surface area contributed by atoms with Gasteiger partial charge < -0.3 is 5.73 Å². The minimum Gasteiger partial charge on any atom is -0.399 e. The molecular weight excluding hydrogens is 377 g/mol. The van der Waals surface area contributed by atoms with Crippen LogP contribution in [0.1, 0.15) is 27.0 Å². The summed E-state index contributed by atoms with van der Waals surface area (Å²) in [5.74, 6) is -0.0493. The summed E-state index contributed by atoms with van der Waals surface area (Å²) < 4.78 is 0. The number of carbonyl (C=O) groups is 1. The summed E-state index contributed by atoms with van der Waals surface area (Å²) in [6, 6.07) is 17.6. The molecule has 0 fully saturated rings. The molecule has 0 radical (unpaired) electrons. The van der Waals surface area contributed by atoms with Crippen LogP contribution in [0.25, 0.3) is 0 Å². The zero-order valence-corrected chi connectivity index (χ0v) is 15.4. The Morgan fingerprint density at radius 2 is 1.28 bits per heavy atom. The molecule has 0 amide bonds. The zero-order chi connectivity index (χ0) is 18.0. The first kappa shape index (κ1) is 17.8. The highest BCUT2D eigenvalue weighted by molar-refractivity contribution is 6.36. The molecule has 2 nitrogen and oxygen atoms in total. The summed E-state index contributed by atoms with van der Waals surface area (Å²) in [5, 5.41) is 1.67. The second kappa shape index (κ2) is 7.49. The average molecular weight is 391 g/mol. The van der Waals surface area contributed by atoms with Gasteiger partial charge in [-0.15, -0.1) is 0 Å². The van der Waals surface area contributed by atoms with E-state index in [0.717, 1.165) is 11.1 Å². The minimum absolute atomic E-state index is 0.0493. The van der Waals surface area contributed by atoms with Crippen LogP contribution in [0.5, 0.6) is 0 Å². The lowest BCUT2D eigenvalue weighted by atomic mass is 9.99. The Morgan fingerprint density at radius 1 is 0.800 bits per heavy atom. The van der Waals surface area contributed by atoms with Gasteiger partial charge in [0.1, 0.15) is 0 Å². The van der Waals surface area contributed by atoms with E-state index in [2.05, 4.69) is 0 Å². The maximum absolute atomic E-state index is 12.5. The average Bonchev–Trinajstić information content (AvgIpc) is 2.59. The molecule has 5 heteroatoms. The van der Waals surface area contributed by atoms with Crippen LogP contribution in [-0.4, -0.2) is 5.78 Å². The number of anilines is 1. The number of nitrogen functional groups attached to an aromatic ring is 1. The fourth-order valence-corrected chi connectivity index (χ4v) is 3.30. The molecule has 0 aromatic heterocycles. The number of hydrogen-bond acceptors (Lipinski definition) is 2. The summed E-state index contributed by atoms with van der Waals surface area (Å²) in [6.07, 6.45) is 0.563. The van der Waals surface area contributed by atoms with Gasteiger partial charge in [-0.3, -0.25) is 4.79 Å². The van der Waals surface area contributed by atoms with Crippen molar-refractivity contribution in [3.8, 4) is 0 Å². The van der Waals surface area contributed by atoms with Gasteiger partial charge in [-0.25, -0.2) is 0 Å². The second-order valence-corrected chi connectivity index (χ2v) is 6.92. The highest BCUT2D eigenvalue weighted by atomic mass is 35.5. The number of rotatable bonds is 4. The van der Waals surface area contributed by atoms with Gasteiger partial charge in [-0.05, 0) is 47.5 Å². The van der Waals surface area contributed by atoms with Crippen molar-refractivity contribution in [2.75, 3.05) is 5.73 Å². The van der Waals surface area contributed by atoms with Crippen molar-refractivity contribution in [3.63, 3.8) is 0 Å². The molecule has 0 aliphatic rings. The van der Waals surface area contributed by atoms with Crippen LogP contribution >= 0.6 is 34.8 Å². The zero-order valence-electron chi connectivity index (χ0n) is 13.1. The van der Waals surface area contributed by atoms with Gasteiger partial charge in [-0.2, -0.15) is 0 Å². The number of ketones is 1. The van der Waals surface area contributed by atoms with Crippen LogP contribution in [0.4, 0.5) is 5.69 Å². The van der Waals surface area contributed by atoms with E-state index in [9.17, 15) is 4.79 Å². The number of hydrogen-bond donors (Lipinski definition) is 1. The third-order valence-electron chi connectivity index (χ3n) is 3.87. The molecule has 126 valence electrons. The van der Waals surface area contributed by atoms with E-state index in [1.165, 1.54) is 0 Å². The van der Waals surface area contributed by atoms with E-state index in [-0.39, 0.29) is 5.78 Å². The Labute approximate surface area is 161 Å². The predicted molar refractivity (Wildman–Crippen MR) is 105 cm³/mol. The highest BCUT2D eigenvalue weighted by Crippen LogP contribution is 2.30. The van der Waals surface area contributed by atoms with Crippen molar-refractivity contribution in [1.82, 2.24) is 0 Å². The molecule has 0 saturated carbocycles.